The zero-order chi connectivity index (χ0) is 28.9. The van der Waals surface area contributed by atoms with E-state index >= 15 is 0 Å². The van der Waals surface area contributed by atoms with Gasteiger partial charge >= 0.3 is 0 Å². The van der Waals surface area contributed by atoms with Crippen LogP contribution in [0.2, 0.25) is 0 Å². The van der Waals surface area contributed by atoms with E-state index in [1.54, 1.807) is 16.7 Å². The number of nitrogens with one attached hydrogen (secondary N) is 2. The lowest BCUT2D eigenvalue weighted by Crippen LogP contribution is -2.56. The molecule has 1 spiro atoms. The Morgan fingerprint density at radius 1 is 1.00 bits per heavy atom. The van der Waals surface area contributed by atoms with Crippen molar-refractivity contribution < 1.29 is 19.5 Å². The van der Waals surface area contributed by atoms with Crippen LogP contribution in [0.5, 0.6) is 0 Å². The molecule has 0 aromatic heterocycles. The lowest BCUT2D eigenvalue weighted by Gasteiger charge is -2.38. The number of fused-ring (bicyclic) bond motifs is 2. The molecule has 3 heterocycles. The fourth-order valence-electron chi connectivity index (χ4n) is 7.41. The smallest absolute Gasteiger partial charge is 0.248 e. The Bertz CT molecular complexity index is 1500. The number of carbonyl (C=O) groups excluding carboxylic acids is 3. The van der Waals surface area contributed by atoms with Crippen molar-refractivity contribution in [1.82, 2.24) is 10.2 Å². The number of anilines is 1. The molecule has 3 aliphatic rings. The molecule has 3 aromatic carbocycles. The molecule has 6 atom stereocenters. The van der Waals surface area contributed by atoms with Crippen LogP contribution in [0.3, 0.4) is 0 Å². The number of rotatable bonds is 8. The van der Waals surface area contributed by atoms with Crippen LogP contribution < -0.4 is 10.6 Å². The van der Waals surface area contributed by atoms with Gasteiger partial charge in [0.25, 0.3) is 0 Å². The standard InChI is InChI=1S/C33H37N3O4S/c1-20(2)25(19-37)36-28(30(39)35-24-14-13-22-11-7-8-12-23(22)17-24)33-16-15-32(3,41-33)26(27(33)31(36)40)29(38)34-18-21-9-5-4-6-10-21/h4-14,17,20,25-28,37H,15-16,18-19H2,1-3H3,(H,34,38)(H,35,39)/t25-,26-,27-,28?,32+,33?/m0/s1. The molecular weight excluding hydrogens is 534 g/mol. The third kappa shape index (κ3) is 4.52. The maximum Gasteiger partial charge on any atom is 0.248 e. The third-order valence-electron chi connectivity index (χ3n) is 9.39. The third-order valence-corrected chi connectivity index (χ3v) is 11.4. The summed E-state index contributed by atoms with van der Waals surface area (Å²) in [6, 6.07) is 22.1. The van der Waals surface area contributed by atoms with Crippen LogP contribution in [0.4, 0.5) is 5.69 Å². The summed E-state index contributed by atoms with van der Waals surface area (Å²) >= 11 is 1.64. The minimum Gasteiger partial charge on any atom is -0.394 e. The molecule has 2 bridgehead atoms. The molecule has 3 aliphatic heterocycles. The first-order valence-corrected chi connectivity index (χ1v) is 15.2. The minimum atomic E-state index is -0.801. The number of hydrogen-bond acceptors (Lipinski definition) is 5. The van der Waals surface area contributed by atoms with Crippen molar-refractivity contribution in [3.05, 3.63) is 78.4 Å². The molecular formula is C33H37N3O4S. The van der Waals surface area contributed by atoms with Crippen molar-refractivity contribution >= 4 is 45.9 Å². The topological polar surface area (TPSA) is 98.7 Å². The maximum atomic E-state index is 14.4. The normalized spacial score (nSPS) is 29.1. The summed E-state index contributed by atoms with van der Waals surface area (Å²) in [5, 5.41) is 18.7. The molecule has 0 radical (unpaired) electrons. The largest absolute Gasteiger partial charge is 0.394 e. The number of benzene rings is 3. The molecule has 3 aromatic rings. The lowest BCUT2D eigenvalue weighted by atomic mass is 9.66. The number of aliphatic hydroxyl groups excluding tert-OH is 1. The Hall–Kier alpha value is -3.36. The molecule has 3 N–H and O–H groups in total. The summed E-state index contributed by atoms with van der Waals surface area (Å²) in [5.74, 6) is -1.89. The highest BCUT2D eigenvalue weighted by molar-refractivity contribution is 8.02. The summed E-state index contributed by atoms with van der Waals surface area (Å²) in [6.07, 6.45) is 1.40. The number of thioether (sulfide) groups is 1. The first kappa shape index (κ1) is 27.8. The van der Waals surface area contributed by atoms with Crippen LogP contribution in [0.1, 0.15) is 39.2 Å². The summed E-state index contributed by atoms with van der Waals surface area (Å²) in [6.45, 7) is 6.10. The Morgan fingerprint density at radius 3 is 2.41 bits per heavy atom. The Labute approximate surface area is 245 Å². The van der Waals surface area contributed by atoms with E-state index in [1.165, 1.54) is 0 Å². The van der Waals surface area contributed by atoms with Crippen molar-refractivity contribution in [2.75, 3.05) is 11.9 Å². The summed E-state index contributed by atoms with van der Waals surface area (Å²) < 4.78 is -1.20. The van der Waals surface area contributed by atoms with E-state index in [-0.39, 0.29) is 30.2 Å². The second kappa shape index (κ2) is 10.5. The molecule has 0 saturated carbocycles. The second-order valence-corrected chi connectivity index (χ2v) is 14.1. The van der Waals surface area contributed by atoms with Gasteiger partial charge in [0.2, 0.25) is 17.7 Å². The minimum absolute atomic E-state index is 0.0710. The van der Waals surface area contributed by atoms with Gasteiger partial charge in [-0.25, -0.2) is 0 Å². The Balaban J connectivity index is 1.35. The van der Waals surface area contributed by atoms with Crippen molar-refractivity contribution in [2.45, 2.75) is 61.7 Å². The van der Waals surface area contributed by atoms with Gasteiger partial charge in [0.05, 0.1) is 29.2 Å². The SMILES string of the molecule is CC(C)[C@H](CO)N1C(=O)[C@@H]2[C@@H](C(=O)NCc3ccccc3)[C@@]3(C)CCC2(S3)C1C(=O)Nc1ccc2ccccc2c1. The van der Waals surface area contributed by atoms with E-state index < -0.39 is 33.4 Å². The van der Waals surface area contributed by atoms with Crippen LogP contribution in [0.15, 0.2) is 72.8 Å². The molecule has 0 aliphatic carbocycles. The number of likely N-dealkylation sites (tertiary alicyclic amines) is 1. The highest BCUT2D eigenvalue weighted by atomic mass is 32.2. The quantitative estimate of drug-likeness (QED) is 0.367. The van der Waals surface area contributed by atoms with Gasteiger partial charge in [0.15, 0.2) is 0 Å². The maximum absolute atomic E-state index is 14.4. The van der Waals surface area contributed by atoms with E-state index in [9.17, 15) is 19.5 Å². The van der Waals surface area contributed by atoms with Crippen molar-refractivity contribution in [1.29, 1.82) is 0 Å². The molecule has 3 amide bonds. The van der Waals surface area contributed by atoms with Crippen LogP contribution >= 0.6 is 11.8 Å². The van der Waals surface area contributed by atoms with E-state index in [1.807, 2.05) is 86.6 Å². The van der Waals surface area contributed by atoms with Crippen LogP contribution in [0, 0.1) is 17.8 Å². The van der Waals surface area contributed by atoms with Crippen LogP contribution in [-0.2, 0) is 20.9 Å². The van der Waals surface area contributed by atoms with E-state index in [2.05, 4.69) is 17.6 Å². The average molecular weight is 572 g/mol. The Morgan fingerprint density at radius 2 is 1.71 bits per heavy atom. The van der Waals surface area contributed by atoms with Gasteiger partial charge in [0.1, 0.15) is 6.04 Å². The van der Waals surface area contributed by atoms with Crippen molar-refractivity contribution in [3.8, 4) is 0 Å². The molecule has 214 valence electrons. The molecule has 8 heteroatoms. The van der Waals surface area contributed by atoms with Gasteiger partial charge in [-0.05, 0) is 54.2 Å². The van der Waals surface area contributed by atoms with Gasteiger partial charge in [0, 0.05) is 17.0 Å². The first-order valence-electron chi connectivity index (χ1n) is 14.4. The monoisotopic (exact) mass is 571 g/mol. The van der Waals surface area contributed by atoms with Crippen LogP contribution in [-0.4, -0.2) is 55.9 Å². The van der Waals surface area contributed by atoms with E-state index in [0.717, 1.165) is 22.8 Å². The first-order chi connectivity index (χ1) is 19.7. The molecule has 2 unspecified atom stereocenters. The zero-order valence-corrected chi connectivity index (χ0v) is 24.5. The summed E-state index contributed by atoms with van der Waals surface area (Å²) in [7, 11) is 0. The van der Waals surface area contributed by atoms with Crippen molar-refractivity contribution in [3.63, 3.8) is 0 Å². The predicted molar refractivity (Wildman–Crippen MR) is 162 cm³/mol. The average Bonchev–Trinajstić information content (AvgIpc) is 3.53. The highest BCUT2D eigenvalue weighted by Gasteiger charge is 2.77. The Kier molecular flexibility index (Phi) is 7.10. The van der Waals surface area contributed by atoms with Crippen molar-refractivity contribution in [2.24, 2.45) is 17.8 Å². The zero-order valence-electron chi connectivity index (χ0n) is 23.7. The highest BCUT2D eigenvalue weighted by Crippen LogP contribution is 2.71. The molecule has 3 fully saturated rings. The van der Waals surface area contributed by atoms with Gasteiger partial charge in [-0.15, -0.1) is 11.8 Å². The number of aliphatic hydroxyl groups is 1. The second-order valence-electron chi connectivity index (χ2n) is 12.2. The fraction of sp³-hybridized carbons (Fsp3) is 0.424. The fourth-order valence-corrected chi connectivity index (χ4v) is 9.76. The molecule has 41 heavy (non-hydrogen) atoms. The van der Waals surface area contributed by atoms with Gasteiger partial charge in [-0.2, -0.15) is 0 Å². The van der Waals surface area contributed by atoms with Crippen LogP contribution in [0.25, 0.3) is 10.8 Å². The summed E-state index contributed by atoms with van der Waals surface area (Å²) in [4.78, 5) is 44.1. The van der Waals surface area contributed by atoms with Gasteiger partial charge in [-0.3, -0.25) is 14.4 Å². The predicted octanol–water partition coefficient (Wildman–Crippen LogP) is 4.59. The number of amides is 3. The number of nitrogens with zero attached hydrogens (tertiary/aromatic N) is 1. The van der Waals surface area contributed by atoms with E-state index in [0.29, 0.717) is 18.7 Å². The number of carbonyl (C=O) groups is 3. The molecule has 7 nitrogen and oxygen atoms in total. The number of hydrogen-bond donors (Lipinski definition) is 3. The van der Waals surface area contributed by atoms with E-state index in [4.69, 9.17) is 0 Å². The molecule has 3 saturated heterocycles. The molecule has 6 rings (SSSR count). The lowest BCUT2D eigenvalue weighted by molar-refractivity contribution is -0.143. The van der Waals surface area contributed by atoms with Gasteiger partial charge in [-0.1, -0.05) is 74.5 Å². The van der Waals surface area contributed by atoms with Gasteiger partial charge < -0.3 is 20.6 Å². The summed E-state index contributed by atoms with van der Waals surface area (Å²) in [5.41, 5.74) is 1.65.